The van der Waals surface area contributed by atoms with E-state index in [2.05, 4.69) is 13.8 Å². The summed E-state index contributed by atoms with van der Waals surface area (Å²) in [4.78, 5) is 0. The van der Waals surface area contributed by atoms with Crippen molar-refractivity contribution >= 4 is 20.4 Å². The Labute approximate surface area is 195 Å². The molecule has 1 atom stereocenters. The van der Waals surface area contributed by atoms with Crippen molar-refractivity contribution in [3.8, 4) is 0 Å². The van der Waals surface area contributed by atoms with Crippen LogP contribution in [0, 0.1) is 0 Å². The lowest BCUT2D eigenvalue weighted by Crippen LogP contribution is -2.60. The number of alkyl halides is 1. The zero-order valence-corrected chi connectivity index (χ0v) is 22.8. The molecule has 3 N–H and O–H groups in total. The maximum Gasteiger partial charge on any atom is 0.522 e. The van der Waals surface area contributed by atoms with E-state index in [4.69, 9.17) is 24.9 Å². The van der Waals surface area contributed by atoms with E-state index in [-0.39, 0.29) is 6.15 Å². The second-order valence-corrected chi connectivity index (χ2v) is 12.9. The Hall–Kier alpha value is 0.347. The lowest BCUT2D eigenvalue weighted by atomic mass is 10.0. The van der Waals surface area contributed by atoms with Gasteiger partial charge in [-0.15, -0.1) is 11.6 Å². The third-order valence-corrected chi connectivity index (χ3v) is 10.5. The fraction of sp³-hybridized carbons (Fsp3) is 1.00. The summed E-state index contributed by atoms with van der Waals surface area (Å²) in [6.07, 6.45) is 23.4. The smallest absolute Gasteiger partial charge is 0.376 e. The molecular weight excluding hydrogens is 414 g/mol. The van der Waals surface area contributed by atoms with Gasteiger partial charge in [-0.05, 0) is 12.8 Å². The van der Waals surface area contributed by atoms with E-state index in [9.17, 15) is 0 Å². The summed E-state index contributed by atoms with van der Waals surface area (Å²) in [7, 11) is 2.16. The highest BCUT2D eigenvalue weighted by Crippen LogP contribution is 2.39. The van der Waals surface area contributed by atoms with Gasteiger partial charge in [-0.2, -0.15) is 0 Å². The molecule has 0 spiro atoms. The minimum Gasteiger partial charge on any atom is -0.376 e. The van der Waals surface area contributed by atoms with Crippen LogP contribution in [0.2, 0.25) is 0 Å². The molecule has 0 fully saturated rings. The van der Waals surface area contributed by atoms with Crippen LogP contribution in [-0.2, 0) is 13.3 Å². The summed E-state index contributed by atoms with van der Waals surface area (Å²) in [6.45, 7) is 4.44. The van der Waals surface area contributed by atoms with Crippen LogP contribution in [0.15, 0.2) is 0 Å². The highest BCUT2D eigenvalue weighted by Gasteiger charge is 2.58. The van der Waals surface area contributed by atoms with Gasteiger partial charge in [0.25, 0.3) is 0 Å². The zero-order valence-electron chi connectivity index (χ0n) is 21.0. The number of unbranched alkanes of at least 4 members (excludes halogenated alkanes) is 14. The second-order valence-electron chi connectivity index (χ2n) is 8.58. The predicted octanol–water partition coefficient (Wildman–Crippen LogP) is 8.60. The second kappa shape index (κ2) is 21.2. The van der Waals surface area contributed by atoms with Crippen LogP contribution in [0.3, 0.4) is 0 Å². The first-order valence-electron chi connectivity index (χ1n) is 12.4. The van der Waals surface area contributed by atoms with E-state index in [0.29, 0.717) is 0 Å². The third-order valence-electron chi connectivity index (χ3n) is 6.18. The maximum absolute atomic E-state index is 7.01. The van der Waals surface area contributed by atoms with Crippen LogP contribution in [0.5, 0.6) is 0 Å². The van der Waals surface area contributed by atoms with E-state index >= 15 is 0 Å². The summed E-state index contributed by atoms with van der Waals surface area (Å²) in [5, 5.41) is 0. The molecule has 30 heavy (non-hydrogen) atoms. The lowest BCUT2D eigenvalue weighted by molar-refractivity contribution is 0.101. The predicted molar refractivity (Wildman–Crippen MR) is 135 cm³/mol. The SMILES string of the molecule is CCCCCCCCCCCCCCCCCC(Cl)(CCC)[Si](OC)(OC)OC.N. The Morgan fingerprint density at radius 1 is 0.533 bits per heavy atom. The molecule has 0 aliphatic carbocycles. The van der Waals surface area contributed by atoms with E-state index in [1.54, 1.807) is 21.3 Å². The quantitative estimate of drug-likeness (QED) is 0.0982. The molecule has 0 bridgehead atoms. The molecule has 0 aliphatic heterocycles. The highest BCUT2D eigenvalue weighted by atomic mass is 35.5. The average molecular weight is 468 g/mol. The van der Waals surface area contributed by atoms with Crippen LogP contribution in [0.1, 0.15) is 129 Å². The zero-order chi connectivity index (χ0) is 21.8. The normalized spacial score (nSPS) is 13.8. The Balaban J connectivity index is 0. The lowest BCUT2D eigenvalue weighted by Gasteiger charge is -2.39. The molecule has 0 radical (unpaired) electrons. The van der Waals surface area contributed by atoms with Crippen molar-refractivity contribution in [1.29, 1.82) is 0 Å². The first-order chi connectivity index (χ1) is 14.1. The van der Waals surface area contributed by atoms with E-state index in [1.807, 2.05) is 0 Å². The van der Waals surface area contributed by atoms with Crippen molar-refractivity contribution in [3.63, 3.8) is 0 Å². The Morgan fingerprint density at radius 3 is 1.17 bits per heavy atom. The topological polar surface area (TPSA) is 62.7 Å². The number of hydrogen-bond donors (Lipinski definition) is 1. The summed E-state index contributed by atoms with van der Waals surface area (Å²) in [5.41, 5.74) is 0. The van der Waals surface area contributed by atoms with Crippen LogP contribution in [0.4, 0.5) is 0 Å². The average Bonchev–Trinajstić information content (AvgIpc) is 2.72. The Bertz CT molecular complexity index is 351. The molecule has 0 aromatic carbocycles. The molecule has 0 aromatic heterocycles. The van der Waals surface area contributed by atoms with Gasteiger partial charge >= 0.3 is 8.80 Å². The van der Waals surface area contributed by atoms with Gasteiger partial charge in [0.15, 0.2) is 0 Å². The standard InChI is InChI=1S/C24H51ClO3Si.H3N/c1-6-8-9-10-11-12-13-14-15-16-17-18-19-20-21-23-24(25,22-7-2)29(26-3,27-4)28-5;/h6-23H2,1-5H3;1H3. The van der Waals surface area contributed by atoms with Gasteiger partial charge < -0.3 is 19.4 Å². The maximum atomic E-state index is 7.01. The molecule has 6 heteroatoms. The molecule has 0 aromatic rings. The molecule has 0 heterocycles. The molecule has 0 saturated heterocycles. The van der Waals surface area contributed by atoms with Crippen LogP contribution in [0.25, 0.3) is 0 Å². The molecule has 0 amide bonds. The van der Waals surface area contributed by atoms with Gasteiger partial charge in [0.2, 0.25) is 0 Å². The van der Waals surface area contributed by atoms with Gasteiger partial charge in [-0.25, -0.2) is 0 Å². The van der Waals surface area contributed by atoms with Crippen molar-refractivity contribution in [3.05, 3.63) is 0 Å². The van der Waals surface area contributed by atoms with Crippen LogP contribution >= 0.6 is 11.6 Å². The molecule has 0 aliphatic rings. The summed E-state index contributed by atoms with van der Waals surface area (Å²) >= 11 is 7.01. The van der Waals surface area contributed by atoms with Gasteiger partial charge in [-0.1, -0.05) is 117 Å². The van der Waals surface area contributed by atoms with Crippen LogP contribution < -0.4 is 6.15 Å². The van der Waals surface area contributed by atoms with Gasteiger partial charge in [-0.3, -0.25) is 0 Å². The molecule has 0 rings (SSSR count). The van der Waals surface area contributed by atoms with E-state index in [0.717, 1.165) is 25.7 Å². The minimum atomic E-state index is -2.83. The monoisotopic (exact) mass is 467 g/mol. The van der Waals surface area contributed by atoms with Gasteiger partial charge in [0, 0.05) is 21.3 Å². The van der Waals surface area contributed by atoms with Crippen molar-refractivity contribution in [2.24, 2.45) is 0 Å². The third kappa shape index (κ3) is 13.0. The molecule has 0 saturated carbocycles. The number of rotatable bonds is 22. The van der Waals surface area contributed by atoms with Crippen molar-refractivity contribution < 1.29 is 13.3 Å². The highest BCUT2D eigenvalue weighted by molar-refractivity contribution is 6.74. The number of hydrogen-bond acceptors (Lipinski definition) is 4. The van der Waals surface area contributed by atoms with Gasteiger partial charge in [0.05, 0.1) is 0 Å². The van der Waals surface area contributed by atoms with Crippen LogP contribution in [-0.4, -0.2) is 34.6 Å². The minimum absolute atomic E-state index is 0. The Morgan fingerprint density at radius 2 is 0.867 bits per heavy atom. The molecular formula is C24H54ClNO3Si. The first-order valence-corrected chi connectivity index (χ1v) is 14.5. The fourth-order valence-electron chi connectivity index (χ4n) is 4.40. The van der Waals surface area contributed by atoms with E-state index < -0.39 is 13.3 Å². The van der Waals surface area contributed by atoms with E-state index in [1.165, 1.54) is 89.9 Å². The Kier molecular flexibility index (Phi) is 23.0. The molecule has 4 nitrogen and oxygen atoms in total. The van der Waals surface area contributed by atoms with Gasteiger partial charge in [0.1, 0.15) is 4.50 Å². The summed E-state index contributed by atoms with van der Waals surface area (Å²) in [5.74, 6) is 0. The molecule has 184 valence electrons. The fourth-order valence-corrected chi connectivity index (χ4v) is 8.06. The molecule has 1 unspecified atom stereocenters. The summed E-state index contributed by atoms with van der Waals surface area (Å²) < 4.78 is 16.6. The number of halogens is 1. The van der Waals surface area contributed by atoms with Crippen molar-refractivity contribution in [1.82, 2.24) is 6.15 Å². The first kappa shape index (κ1) is 32.5. The summed E-state index contributed by atoms with van der Waals surface area (Å²) in [6, 6.07) is 0. The largest absolute Gasteiger partial charge is 0.522 e. The van der Waals surface area contributed by atoms with Crippen molar-refractivity contribution in [2.75, 3.05) is 21.3 Å². The van der Waals surface area contributed by atoms with Crippen molar-refractivity contribution in [2.45, 2.75) is 134 Å².